The van der Waals surface area contributed by atoms with Gasteiger partial charge >= 0.3 is 29.6 Å². The fourth-order valence-electron chi connectivity index (χ4n) is 5.04. The summed E-state index contributed by atoms with van der Waals surface area (Å²) in [6, 6.07) is 0. The molecule has 0 amide bonds. The summed E-state index contributed by atoms with van der Waals surface area (Å²) in [5.41, 5.74) is 0. The number of hydrogen-bond acceptors (Lipinski definition) is 4. The summed E-state index contributed by atoms with van der Waals surface area (Å²) in [6.45, 7) is 4.58. The van der Waals surface area contributed by atoms with Gasteiger partial charge in [0.2, 0.25) is 10.4 Å². The molecule has 0 saturated carbocycles. The number of unbranched alkanes of at least 4 members (excludes halogenated alkanes) is 22. The molecule has 0 radical (unpaired) electrons. The summed E-state index contributed by atoms with van der Waals surface area (Å²) in [5, 5.41) is 0. The molecule has 0 aromatic carbocycles. The molecule has 0 aliphatic carbocycles. The third kappa shape index (κ3) is 32.9. The second kappa shape index (κ2) is 30.4. The Labute approximate surface area is 249 Å². The molecule has 0 saturated heterocycles. The van der Waals surface area contributed by atoms with E-state index >= 15 is 0 Å². The van der Waals surface area contributed by atoms with Gasteiger partial charge in [-0.2, -0.15) is 0 Å². The summed E-state index contributed by atoms with van der Waals surface area (Å²) in [5.74, 6) is 0.200. The smallest absolute Gasteiger partial charge is 0.726 e. The molecular weight excluding hydrogens is 479 g/mol. The molecule has 0 spiro atoms. The molecule has 0 aromatic rings. The normalized spacial score (nSPS) is 12.5. The average Bonchev–Trinajstić information content (AvgIpc) is 2.82. The van der Waals surface area contributed by atoms with Gasteiger partial charge in [0.15, 0.2) is 0 Å². The van der Waals surface area contributed by atoms with E-state index in [0.717, 1.165) is 25.7 Å². The van der Waals surface area contributed by atoms with Gasteiger partial charge in [-0.3, -0.25) is 4.18 Å². The van der Waals surface area contributed by atoms with Gasteiger partial charge in [0.05, 0.1) is 6.61 Å². The molecular formula is C30H61NaO4S. The maximum atomic E-state index is 10.9. The van der Waals surface area contributed by atoms with Gasteiger partial charge in [-0.1, -0.05) is 168 Å². The number of rotatable bonds is 29. The molecule has 36 heavy (non-hydrogen) atoms. The minimum absolute atomic E-state index is 0. The maximum absolute atomic E-state index is 10.9. The van der Waals surface area contributed by atoms with E-state index in [1.165, 1.54) is 141 Å². The summed E-state index contributed by atoms with van der Waals surface area (Å²) in [6.07, 6.45) is 33.8. The molecule has 212 valence electrons. The van der Waals surface area contributed by atoms with Crippen molar-refractivity contribution in [2.75, 3.05) is 6.61 Å². The Morgan fingerprint density at radius 1 is 0.500 bits per heavy atom. The van der Waals surface area contributed by atoms with Crippen molar-refractivity contribution < 1.29 is 46.7 Å². The minimum atomic E-state index is -4.58. The van der Waals surface area contributed by atoms with Gasteiger partial charge in [-0.05, 0) is 18.8 Å². The molecule has 0 rings (SSSR count). The Balaban J connectivity index is 0. The Morgan fingerprint density at radius 3 is 1.00 bits per heavy atom. The van der Waals surface area contributed by atoms with Crippen LogP contribution in [0.15, 0.2) is 0 Å². The molecule has 0 bridgehead atoms. The summed E-state index contributed by atoms with van der Waals surface area (Å²) in [7, 11) is -4.58. The van der Waals surface area contributed by atoms with Crippen molar-refractivity contribution in [1.29, 1.82) is 0 Å². The second-order valence-corrected chi connectivity index (χ2v) is 12.0. The Bertz CT molecular complexity index is 513. The van der Waals surface area contributed by atoms with E-state index < -0.39 is 10.4 Å². The zero-order valence-electron chi connectivity index (χ0n) is 24.7. The quantitative estimate of drug-likeness (QED) is 0.0433. The van der Waals surface area contributed by atoms with Crippen LogP contribution in [0.25, 0.3) is 0 Å². The first-order chi connectivity index (χ1) is 17.0. The van der Waals surface area contributed by atoms with E-state index in [2.05, 4.69) is 18.0 Å². The van der Waals surface area contributed by atoms with E-state index in [1.807, 2.05) is 0 Å². The van der Waals surface area contributed by atoms with E-state index in [4.69, 9.17) is 0 Å². The first kappa shape index (κ1) is 39.0. The zero-order valence-corrected chi connectivity index (χ0v) is 27.5. The summed E-state index contributed by atoms with van der Waals surface area (Å²) in [4.78, 5) is 0. The average molecular weight is 541 g/mol. The molecule has 4 nitrogen and oxygen atoms in total. The van der Waals surface area contributed by atoms with Crippen molar-refractivity contribution in [2.24, 2.45) is 5.92 Å². The van der Waals surface area contributed by atoms with Crippen LogP contribution in [0, 0.1) is 5.92 Å². The Hall–Kier alpha value is 0.870. The van der Waals surface area contributed by atoms with Gasteiger partial charge in [0.25, 0.3) is 0 Å². The van der Waals surface area contributed by atoms with Gasteiger partial charge < -0.3 is 4.55 Å². The fourth-order valence-corrected chi connectivity index (χ4v) is 5.40. The first-order valence-electron chi connectivity index (χ1n) is 15.6. The molecule has 0 fully saturated rings. The van der Waals surface area contributed by atoms with Crippen molar-refractivity contribution in [3.8, 4) is 0 Å². The molecule has 0 aromatic heterocycles. The van der Waals surface area contributed by atoms with Crippen LogP contribution in [0.4, 0.5) is 0 Å². The van der Waals surface area contributed by atoms with Crippen LogP contribution in [0.2, 0.25) is 0 Å². The van der Waals surface area contributed by atoms with Crippen LogP contribution in [0.1, 0.15) is 181 Å². The summed E-state index contributed by atoms with van der Waals surface area (Å²) >= 11 is 0. The molecule has 1 atom stereocenters. The van der Waals surface area contributed by atoms with Gasteiger partial charge in [-0.15, -0.1) is 0 Å². The Morgan fingerprint density at radius 2 is 0.750 bits per heavy atom. The van der Waals surface area contributed by atoms with Gasteiger partial charge in [0, 0.05) is 0 Å². The molecule has 0 heterocycles. The van der Waals surface area contributed by atoms with Crippen LogP contribution in [-0.2, 0) is 14.6 Å². The largest absolute Gasteiger partial charge is 1.00 e. The zero-order chi connectivity index (χ0) is 25.9. The van der Waals surface area contributed by atoms with Crippen molar-refractivity contribution in [2.45, 2.75) is 181 Å². The van der Waals surface area contributed by atoms with E-state index in [-0.39, 0.29) is 42.1 Å². The molecule has 0 aliphatic rings. The van der Waals surface area contributed by atoms with Crippen LogP contribution >= 0.6 is 0 Å². The van der Waals surface area contributed by atoms with Crippen molar-refractivity contribution >= 4 is 10.4 Å². The topological polar surface area (TPSA) is 66.4 Å². The maximum Gasteiger partial charge on any atom is 1.00 e. The third-order valence-electron chi connectivity index (χ3n) is 7.38. The van der Waals surface area contributed by atoms with Crippen molar-refractivity contribution in [3.63, 3.8) is 0 Å². The van der Waals surface area contributed by atoms with Gasteiger partial charge in [-0.25, -0.2) is 8.42 Å². The minimum Gasteiger partial charge on any atom is -0.726 e. The standard InChI is InChI=1S/C30H62O4S.Na/c1-3-5-7-9-11-12-13-14-15-16-17-18-19-20-22-24-26-28-30(29-34-35(31,32)33)27-25-23-21-10-8-6-4-2;/h30H,3-29H2,1-2H3,(H,31,32,33);/q;+1/p-1. The SMILES string of the molecule is CCCCCCCCCCCCCCCCCCCC(CCCCCCCCC)COS(=O)(=O)[O-].[Na+]. The van der Waals surface area contributed by atoms with Gasteiger partial charge in [0.1, 0.15) is 0 Å². The van der Waals surface area contributed by atoms with Crippen molar-refractivity contribution in [3.05, 3.63) is 0 Å². The molecule has 1 unspecified atom stereocenters. The molecule has 0 aliphatic heterocycles. The van der Waals surface area contributed by atoms with Crippen LogP contribution in [0.5, 0.6) is 0 Å². The summed E-state index contributed by atoms with van der Waals surface area (Å²) < 4.78 is 37.2. The van der Waals surface area contributed by atoms with E-state index in [1.54, 1.807) is 0 Å². The monoisotopic (exact) mass is 540 g/mol. The molecule has 0 N–H and O–H groups in total. The second-order valence-electron chi connectivity index (χ2n) is 10.9. The van der Waals surface area contributed by atoms with Crippen LogP contribution < -0.4 is 29.6 Å². The van der Waals surface area contributed by atoms with E-state index in [0.29, 0.717) is 0 Å². The number of hydrogen-bond donors (Lipinski definition) is 0. The Kier molecular flexibility index (Phi) is 33.0. The predicted molar refractivity (Wildman–Crippen MR) is 151 cm³/mol. The predicted octanol–water partition coefficient (Wildman–Crippen LogP) is 7.27. The van der Waals surface area contributed by atoms with E-state index in [9.17, 15) is 13.0 Å². The van der Waals surface area contributed by atoms with Crippen molar-refractivity contribution in [1.82, 2.24) is 0 Å². The third-order valence-corrected chi connectivity index (χ3v) is 7.80. The molecule has 6 heteroatoms. The van der Waals surface area contributed by atoms with Crippen LogP contribution in [-0.4, -0.2) is 19.6 Å². The van der Waals surface area contributed by atoms with Crippen LogP contribution in [0.3, 0.4) is 0 Å². The first-order valence-corrected chi connectivity index (χ1v) is 16.9. The fraction of sp³-hybridized carbons (Fsp3) is 1.00.